The summed E-state index contributed by atoms with van der Waals surface area (Å²) in [6, 6.07) is 22.1. The molecule has 1 N–H and O–H groups in total. The summed E-state index contributed by atoms with van der Waals surface area (Å²) in [5, 5.41) is 3.21. The fourth-order valence-electron chi connectivity index (χ4n) is 3.91. The van der Waals surface area contributed by atoms with Crippen molar-refractivity contribution in [3.63, 3.8) is 0 Å². The van der Waals surface area contributed by atoms with E-state index in [0.717, 1.165) is 10.6 Å². The van der Waals surface area contributed by atoms with Crippen LogP contribution in [0.25, 0.3) is 5.57 Å². The molecule has 0 saturated heterocycles. The van der Waals surface area contributed by atoms with Gasteiger partial charge in [-0.3, -0.25) is 9.59 Å². The Balaban J connectivity index is 1.80. The van der Waals surface area contributed by atoms with E-state index in [4.69, 9.17) is 9.47 Å². The van der Waals surface area contributed by atoms with E-state index in [1.807, 2.05) is 54.6 Å². The largest absolute Gasteiger partial charge is 0.497 e. The van der Waals surface area contributed by atoms with E-state index in [0.29, 0.717) is 28.3 Å². The first kappa shape index (κ1) is 23.1. The van der Waals surface area contributed by atoms with Crippen LogP contribution in [-0.2, 0) is 15.0 Å². The Hall–Kier alpha value is -4.06. The van der Waals surface area contributed by atoms with E-state index < -0.39 is 11.8 Å². The van der Waals surface area contributed by atoms with Crippen molar-refractivity contribution in [1.29, 1.82) is 0 Å². The van der Waals surface area contributed by atoms with Gasteiger partial charge < -0.3 is 14.8 Å². The summed E-state index contributed by atoms with van der Waals surface area (Å²) in [4.78, 5) is 28.5. The first-order chi connectivity index (χ1) is 16.2. The molecule has 1 aliphatic heterocycles. The number of carbonyl (C=O) groups excluding carboxylic acids is 2. The van der Waals surface area contributed by atoms with Crippen LogP contribution in [0.15, 0.2) is 78.5 Å². The Labute approximate surface area is 199 Å². The van der Waals surface area contributed by atoms with Gasteiger partial charge in [0.25, 0.3) is 11.8 Å². The van der Waals surface area contributed by atoms with Gasteiger partial charge in [-0.2, -0.15) is 0 Å². The first-order valence-corrected chi connectivity index (χ1v) is 11.0. The number of ether oxygens (including phenoxy) is 2. The summed E-state index contributed by atoms with van der Waals surface area (Å²) in [6.45, 7) is 6.43. The second-order valence-corrected chi connectivity index (χ2v) is 9.05. The Morgan fingerprint density at radius 3 is 2.06 bits per heavy atom. The van der Waals surface area contributed by atoms with Gasteiger partial charge in [-0.1, -0.05) is 63.2 Å². The van der Waals surface area contributed by atoms with Crippen LogP contribution in [-0.4, -0.2) is 26.0 Å². The highest BCUT2D eigenvalue weighted by Gasteiger charge is 2.41. The van der Waals surface area contributed by atoms with Crippen molar-refractivity contribution in [2.45, 2.75) is 26.2 Å². The lowest BCUT2D eigenvalue weighted by Gasteiger charge is -2.20. The number of anilines is 2. The van der Waals surface area contributed by atoms with Gasteiger partial charge in [-0.25, -0.2) is 4.90 Å². The number of hydrogen-bond donors (Lipinski definition) is 1. The van der Waals surface area contributed by atoms with Gasteiger partial charge in [0, 0.05) is 11.8 Å². The van der Waals surface area contributed by atoms with Crippen molar-refractivity contribution in [2.24, 2.45) is 0 Å². The number of imide groups is 1. The van der Waals surface area contributed by atoms with E-state index in [-0.39, 0.29) is 11.1 Å². The zero-order chi connectivity index (χ0) is 24.5. The number of methoxy groups -OCH3 is 2. The van der Waals surface area contributed by atoms with Crippen LogP contribution in [0.1, 0.15) is 31.9 Å². The minimum atomic E-state index is -0.463. The third-order valence-electron chi connectivity index (χ3n) is 5.79. The number of rotatable bonds is 6. The molecule has 3 aromatic rings. The highest BCUT2D eigenvalue weighted by Crippen LogP contribution is 2.39. The van der Waals surface area contributed by atoms with Crippen molar-refractivity contribution in [2.75, 3.05) is 24.4 Å². The standard InChI is InChI=1S/C28H28N2O4/c1-28(2,3)19-11-13-20(14-12-19)29-25-24(18-9-7-6-8-10-18)26(31)30(27(25)32)22-17-21(33-4)15-16-23(22)34-5/h6-17,29H,1-5H3. The molecular formula is C28H28N2O4. The first-order valence-electron chi connectivity index (χ1n) is 11.0. The molecule has 2 amide bonds. The summed E-state index contributed by atoms with van der Waals surface area (Å²) >= 11 is 0. The van der Waals surface area contributed by atoms with Crippen LogP contribution in [0.3, 0.4) is 0 Å². The summed E-state index contributed by atoms with van der Waals surface area (Å²) in [7, 11) is 3.03. The average Bonchev–Trinajstić information content (AvgIpc) is 3.07. The van der Waals surface area contributed by atoms with Crippen molar-refractivity contribution >= 4 is 28.8 Å². The van der Waals surface area contributed by atoms with Gasteiger partial charge >= 0.3 is 0 Å². The Morgan fingerprint density at radius 2 is 1.47 bits per heavy atom. The highest BCUT2D eigenvalue weighted by molar-refractivity contribution is 6.46. The molecule has 0 saturated carbocycles. The lowest BCUT2D eigenvalue weighted by molar-refractivity contribution is -0.120. The van der Waals surface area contributed by atoms with Crippen molar-refractivity contribution < 1.29 is 19.1 Å². The van der Waals surface area contributed by atoms with Crippen LogP contribution in [0, 0.1) is 0 Å². The second-order valence-electron chi connectivity index (χ2n) is 9.05. The minimum absolute atomic E-state index is 0.00581. The molecule has 1 heterocycles. The predicted octanol–water partition coefficient (Wildman–Crippen LogP) is 5.40. The third kappa shape index (κ3) is 4.27. The maximum absolute atomic E-state index is 13.7. The zero-order valence-corrected chi connectivity index (χ0v) is 20.0. The molecule has 0 atom stereocenters. The molecular weight excluding hydrogens is 428 g/mol. The maximum Gasteiger partial charge on any atom is 0.282 e. The smallest absolute Gasteiger partial charge is 0.282 e. The molecule has 0 unspecified atom stereocenters. The van der Waals surface area contributed by atoms with Crippen molar-refractivity contribution in [3.05, 3.63) is 89.6 Å². The SMILES string of the molecule is COc1ccc(OC)c(N2C(=O)C(Nc3ccc(C(C)(C)C)cc3)=C(c3ccccc3)C2=O)c1. The quantitative estimate of drug-likeness (QED) is 0.503. The molecule has 4 rings (SSSR count). The van der Waals surface area contributed by atoms with Gasteiger partial charge in [0.2, 0.25) is 0 Å². The van der Waals surface area contributed by atoms with Gasteiger partial charge in [0.1, 0.15) is 17.2 Å². The lowest BCUT2D eigenvalue weighted by Crippen LogP contribution is -2.32. The molecule has 0 radical (unpaired) electrons. The number of hydrogen-bond acceptors (Lipinski definition) is 5. The molecule has 174 valence electrons. The minimum Gasteiger partial charge on any atom is -0.497 e. The molecule has 0 spiro atoms. The maximum atomic E-state index is 13.7. The van der Waals surface area contributed by atoms with E-state index >= 15 is 0 Å². The molecule has 1 aliphatic rings. The van der Waals surface area contributed by atoms with Crippen molar-refractivity contribution in [3.8, 4) is 11.5 Å². The molecule has 0 aromatic heterocycles. The van der Waals surface area contributed by atoms with Gasteiger partial charge in [-0.05, 0) is 40.8 Å². The fourth-order valence-corrected chi connectivity index (χ4v) is 3.91. The molecule has 0 bridgehead atoms. The van der Waals surface area contributed by atoms with Gasteiger partial charge in [-0.15, -0.1) is 0 Å². The number of amides is 2. The number of benzene rings is 3. The molecule has 6 nitrogen and oxygen atoms in total. The number of nitrogens with zero attached hydrogens (tertiary/aromatic N) is 1. The van der Waals surface area contributed by atoms with Crippen molar-refractivity contribution in [1.82, 2.24) is 0 Å². The Kier molecular flexibility index (Phi) is 6.16. The predicted molar refractivity (Wildman–Crippen MR) is 134 cm³/mol. The van der Waals surface area contributed by atoms with E-state index in [1.165, 1.54) is 19.8 Å². The number of carbonyl (C=O) groups is 2. The van der Waals surface area contributed by atoms with E-state index in [2.05, 4.69) is 26.1 Å². The summed E-state index contributed by atoms with van der Waals surface area (Å²) < 4.78 is 10.8. The molecule has 3 aromatic carbocycles. The van der Waals surface area contributed by atoms with Crippen LogP contribution < -0.4 is 19.7 Å². The lowest BCUT2D eigenvalue weighted by atomic mass is 9.87. The van der Waals surface area contributed by atoms with E-state index in [1.54, 1.807) is 18.2 Å². The second kappa shape index (κ2) is 9.06. The average molecular weight is 457 g/mol. The van der Waals surface area contributed by atoms with Crippen LogP contribution >= 0.6 is 0 Å². The van der Waals surface area contributed by atoms with Crippen LogP contribution in [0.5, 0.6) is 11.5 Å². The fraction of sp³-hybridized carbons (Fsp3) is 0.214. The monoisotopic (exact) mass is 456 g/mol. The third-order valence-corrected chi connectivity index (χ3v) is 5.79. The number of nitrogens with one attached hydrogen (secondary N) is 1. The van der Waals surface area contributed by atoms with Crippen LogP contribution in [0.4, 0.5) is 11.4 Å². The highest BCUT2D eigenvalue weighted by atomic mass is 16.5. The van der Waals surface area contributed by atoms with Gasteiger partial charge in [0.05, 0.1) is 25.5 Å². The van der Waals surface area contributed by atoms with E-state index in [9.17, 15) is 9.59 Å². The molecule has 6 heteroatoms. The Morgan fingerprint density at radius 1 is 0.794 bits per heavy atom. The van der Waals surface area contributed by atoms with Crippen LogP contribution in [0.2, 0.25) is 0 Å². The van der Waals surface area contributed by atoms with Gasteiger partial charge in [0.15, 0.2) is 0 Å². The molecule has 0 fully saturated rings. The zero-order valence-electron chi connectivity index (χ0n) is 20.0. The Bertz CT molecular complexity index is 1260. The normalized spacial score (nSPS) is 14.0. The summed E-state index contributed by atoms with van der Waals surface area (Å²) in [6.07, 6.45) is 0. The topological polar surface area (TPSA) is 67.9 Å². The summed E-state index contributed by atoms with van der Waals surface area (Å²) in [5.74, 6) is 0.00870. The molecule has 0 aliphatic carbocycles. The summed E-state index contributed by atoms with van der Waals surface area (Å²) in [5.41, 5.74) is 3.39. The molecule has 34 heavy (non-hydrogen) atoms.